The number of ether oxygens (including phenoxy) is 2. The van der Waals surface area contributed by atoms with Gasteiger partial charge in [-0.1, -0.05) is 29.8 Å². The van der Waals surface area contributed by atoms with E-state index in [2.05, 4.69) is 0 Å². The second-order valence-electron chi connectivity index (χ2n) is 5.27. The molecule has 0 N–H and O–H groups in total. The minimum atomic E-state index is -0.0836. The highest BCUT2D eigenvalue weighted by Crippen LogP contribution is 2.27. The fraction of sp³-hybridized carbons (Fsp3) is 0.211. The summed E-state index contributed by atoms with van der Waals surface area (Å²) in [5.41, 5.74) is 1.88. The van der Waals surface area contributed by atoms with Crippen LogP contribution in [0.4, 0.5) is 0 Å². The van der Waals surface area contributed by atoms with Crippen molar-refractivity contribution in [3.63, 3.8) is 0 Å². The Hall–Kier alpha value is -2.46. The van der Waals surface area contributed by atoms with Crippen LogP contribution in [0.2, 0.25) is 5.02 Å². The Labute approximate surface area is 147 Å². The number of benzene rings is 2. The summed E-state index contributed by atoms with van der Waals surface area (Å²) in [5.74, 6) is 1.23. The van der Waals surface area contributed by atoms with Crippen molar-refractivity contribution in [3.05, 3.63) is 64.7 Å². The first-order chi connectivity index (χ1) is 11.5. The first-order valence-corrected chi connectivity index (χ1v) is 7.81. The van der Waals surface area contributed by atoms with E-state index < -0.39 is 0 Å². The van der Waals surface area contributed by atoms with Crippen molar-refractivity contribution >= 4 is 23.6 Å². The van der Waals surface area contributed by atoms with Crippen molar-refractivity contribution in [2.45, 2.75) is 6.54 Å². The summed E-state index contributed by atoms with van der Waals surface area (Å²) in [6, 6.07) is 12.9. The van der Waals surface area contributed by atoms with Crippen molar-refractivity contribution < 1.29 is 14.3 Å². The summed E-state index contributed by atoms with van der Waals surface area (Å²) >= 11 is 5.84. The normalized spacial score (nSPS) is 10.7. The van der Waals surface area contributed by atoms with Gasteiger partial charge < -0.3 is 14.4 Å². The lowest BCUT2D eigenvalue weighted by Gasteiger charge is -2.16. The molecule has 24 heavy (non-hydrogen) atoms. The van der Waals surface area contributed by atoms with Crippen LogP contribution in [0, 0.1) is 0 Å². The Morgan fingerprint density at radius 1 is 1.08 bits per heavy atom. The van der Waals surface area contributed by atoms with E-state index in [4.69, 9.17) is 21.1 Å². The zero-order valence-electron chi connectivity index (χ0n) is 14.0. The molecule has 0 saturated carbocycles. The van der Waals surface area contributed by atoms with Crippen LogP contribution >= 0.6 is 11.6 Å². The van der Waals surface area contributed by atoms with E-state index >= 15 is 0 Å². The molecule has 0 spiro atoms. The van der Waals surface area contributed by atoms with Crippen LogP contribution in [0.1, 0.15) is 11.1 Å². The first-order valence-electron chi connectivity index (χ1n) is 7.43. The summed E-state index contributed by atoms with van der Waals surface area (Å²) in [5, 5.41) is 0.670. The Balaban J connectivity index is 2.02. The van der Waals surface area contributed by atoms with Crippen molar-refractivity contribution in [1.82, 2.24) is 4.90 Å². The Morgan fingerprint density at radius 2 is 1.75 bits per heavy atom. The van der Waals surface area contributed by atoms with Crippen LogP contribution in [0.25, 0.3) is 6.08 Å². The van der Waals surface area contributed by atoms with Crippen molar-refractivity contribution in [2.24, 2.45) is 0 Å². The monoisotopic (exact) mass is 345 g/mol. The molecule has 4 nitrogen and oxygen atoms in total. The second-order valence-corrected chi connectivity index (χ2v) is 5.70. The molecule has 0 fully saturated rings. The average Bonchev–Trinajstić information content (AvgIpc) is 2.60. The summed E-state index contributed by atoms with van der Waals surface area (Å²) in [7, 11) is 4.94. The summed E-state index contributed by atoms with van der Waals surface area (Å²) in [6.45, 7) is 0.476. The van der Waals surface area contributed by atoms with Gasteiger partial charge in [0.15, 0.2) is 11.5 Å². The topological polar surface area (TPSA) is 38.8 Å². The standard InChI is InChI=1S/C19H20ClNO3/c1-21(13-15-6-10-17(23-2)18(12-15)24-3)19(22)11-7-14-4-8-16(20)9-5-14/h4-12H,13H2,1-3H3/b11-7+. The van der Waals surface area contributed by atoms with Gasteiger partial charge in [0.25, 0.3) is 0 Å². The number of methoxy groups -OCH3 is 2. The molecule has 1 amide bonds. The molecular weight excluding hydrogens is 326 g/mol. The highest BCUT2D eigenvalue weighted by molar-refractivity contribution is 6.30. The number of carbonyl (C=O) groups is 1. The van der Waals surface area contributed by atoms with E-state index in [0.717, 1.165) is 11.1 Å². The molecular formula is C19H20ClNO3. The van der Waals surface area contributed by atoms with E-state index in [9.17, 15) is 4.79 Å². The predicted molar refractivity (Wildman–Crippen MR) is 96.5 cm³/mol. The van der Waals surface area contributed by atoms with Crippen LogP contribution in [0.15, 0.2) is 48.5 Å². The Morgan fingerprint density at radius 3 is 2.38 bits per heavy atom. The van der Waals surface area contributed by atoms with Crippen LogP contribution in [-0.4, -0.2) is 32.1 Å². The van der Waals surface area contributed by atoms with E-state index in [1.165, 1.54) is 0 Å². The third-order valence-corrected chi connectivity index (χ3v) is 3.78. The largest absolute Gasteiger partial charge is 0.493 e. The lowest BCUT2D eigenvalue weighted by atomic mass is 10.2. The van der Waals surface area contributed by atoms with E-state index in [1.54, 1.807) is 50.5 Å². The zero-order valence-corrected chi connectivity index (χ0v) is 14.7. The molecule has 0 unspecified atom stereocenters. The van der Waals surface area contributed by atoms with Crippen molar-refractivity contribution in [3.8, 4) is 11.5 Å². The van der Waals surface area contributed by atoms with Gasteiger partial charge in [0.2, 0.25) is 5.91 Å². The maximum absolute atomic E-state index is 12.2. The minimum Gasteiger partial charge on any atom is -0.493 e. The van der Waals surface area contributed by atoms with Gasteiger partial charge in [0, 0.05) is 24.7 Å². The van der Waals surface area contributed by atoms with Gasteiger partial charge in [-0.3, -0.25) is 4.79 Å². The summed E-state index contributed by atoms with van der Waals surface area (Å²) in [4.78, 5) is 13.9. The van der Waals surface area contributed by atoms with Gasteiger partial charge >= 0.3 is 0 Å². The third kappa shape index (κ3) is 4.77. The number of amides is 1. The molecule has 0 atom stereocenters. The number of halogens is 1. The number of hydrogen-bond donors (Lipinski definition) is 0. The van der Waals surface area contributed by atoms with Crippen LogP contribution in [0.5, 0.6) is 11.5 Å². The lowest BCUT2D eigenvalue weighted by molar-refractivity contribution is -0.125. The van der Waals surface area contributed by atoms with Crippen LogP contribution in [-0.2, 0) is 11.3 Å². The number of hydrogen-bond acceptors (Lipinski definition) is 3. The number of carbonyl (C=O) groups excluding carboxylic acids is 1. The Kier molecular flexibility index (Phi) is 6.27. The molecule has 0 aliphatic carbocycles. The maximum atomic E-state index is 12.2. The van der Waals surface area contributed by atoms with Crippen LogP contribution < -0.4 is 9.47 Å². The molecule has 0 radical (unpaired) electrons. The highest BCUT2D eigenvalue weighted by atomic mass is 35.5. The summed E-state index contributed by atoms with van der Waals surface area (Å²) in [6.07, 6.45) is 3.31. The van der Waals surface area contributed by atoms with Gasteiger partial charge in [0.1, 0.15) is 0 Å². The molecule has 0 saturated heterocycles. The molecule has 2 aromatic rings. The quantitative estimate of drug-likeness (QED) is 0.742. The molecule has 5 heteroatoms. The van der Waals surface area contributed by atoms with Gasteiger partial charge in [0.05, 0.1) is 14.2 Å². The molecule has 0 bridgehead atoms. The first kappa shape index (κ1) is 17.9. The fourth-order valence-corrected chi connectivity index (χ4v) is 2.33. The number of rotatable bonds is 6. The zero-order chi connectivity index (χ0) is 17.5. The van der Waals surface area contributed by atoms with Gasteiger partial charge in [-0.2, -0.15) is 0 Å². The van der Waals surface area contributed by atoms with Gasteiger partial charge in [-0.15, -0.1) is 0 Å². The number of likely N-dealkylation sites (N-methyl/N-ethyl adjacent to an activating group) is 1. The Bertz CT molecular complexity index is 726. The third-order valence-electron chi connectivity index (χ3n) is 3.53. The second kappa shape index (κ2) is 8.41. The maximum Gasteiger partial charge on any atom is 0.246 e. The smallest absolute Gasteiger partial charge is 0.246 e. The summed E-state index contributed by atoms with van der Waals surface area (Å²) < 4.78 is 10.5. The van der Waals surface area contributed by atoms with Crippen LogP contribution in [0.3, 0.4) is 0 Å². The molecule has 126 valence electrons. The predicted octanol–water partition coefficient (Wildman–Crippen LogP) is 4.03. The molecule has 2 aromatic carbocycles. The van der Waals surface area contributed by atoms with Gasteiger partial charge in [-0.05, 0) is 41.5 Å². The minimum absolute atomic E-state index is 0.0836. The fourth-order valence-electron chi connectivity index (χ4n) is 2.20. The van der Waals surface area contributed by atoms with E-state index in [1.807, 2.05) is 30.3 Å². The molecule has 2 rings (SSSR count). The number of nitrogens with zero attached hydrogens (tertiary/aromatic N) is 1. The molecule has 0 aliphatic heterocycles. The highest BCUT2D eigenvalue weighted by Gasteiger charge is 2.09. The average molecular weight is 346 g/mol. The van der Waals surface area contributed by atoms with E-state index in [-0.39, 0.29) is 5.91 Å². The van der Waals surface area contributed by atoms with E-state index in [0.29, 0.717) is 23.1 Å². The van der Waals surface area contributed by atoms with Crippen molar-refractivity contribution in [1.29, 1.82) is 0 Å². The lowest BCUT2D eigenvalue weighted by Crippen LogP contribution is -2.24. The molecule has 0 heterocycles. The van der Waals surface area contributed by atoms with Gasteiger partial charge in [-0.25, -0.2) is 0 Å². The SMILES string of the molecule is COc1ccc(CN(C)C(=O)/C=C/c2ccc(Cl)cc2)cc1OC. The molecule has 0 aromatic heterocycles. The molecule has 0 aliphatic rings. The van der Waals surface area contributed by atoms with Crippen molar-refractivity contribution in [2.75, 3.05) is 21.3 Å².